The van der Waals surface area contributed by atoms with E-state index >= 15 is 0 Å². The maximum atomic E-state index is 5.68. The van der Waals surface area contributed by atoms with Gasteiger partial charge in [0, 0.05) is 38.6 Å². The second-order valence-electron chi connectivity index (χ2n) is 4.81. The molecule has 0 unspecified atom stereocenters. The molecule has 0 aliphatic carbocycles. The summed E-state index contributed by atoms with van der Waals surface area (Å²) in [4.78, 5) is 6.65. The van der Waals surface area contributed by atoms with Crippen LogP contribution in [0.3, 0.4) is 0 Å². The molecule has 0 radical (unpaired) electrons. The molecule has 0 atom stereocenters. The Kier molecular flexibility index (Phi) is 5.58. The van der Waals surface area contributed by atoms with E-state index in [0.29, 0.717) is 19.3 Å². The van der Waals surface area contributed by atoms with Crippen molar-refractivity contribution in [2.24, 2.45) is 5.73 Å². The first-order valence-electron chi connectivity index (χ1n) is 6.81. The lowest BCUT2D eigenvalue weighted by atomic mass is 10.1. The predicted octanol–water partition coefficient (Wildman–Crippen LogP) is 1.06. The number of aromatic nitrogens is 1. The quantitative estimate of drug-likeness (QED) is 0.819. The standard InChI is InChI=1S/C14H23N3O/c15-6-11-18-14-4-9-17(10-5-14)8-3-13-2-1-7-16-12-13/h1-2,7,12,14H,3-6,8-11,15H2. The van der Waals surface area contributed by atoms with Gasteiger partial charge in [0.05, 0.1) is 12.7 Å². The third-order valence-corrected chi connectivity index (χ3v) is 3.45. The molecular formula is C14H23N3O. The van der Waals surface area contributed by atoms with Crippen molar-refractivity contribution < 1.29 is 4.74 Å². The molecule has 1 aromatic heterocycles. The second-order valence-corrected chi connectivity index (χ2v) is 4.81. The zero-order chi connectivity index (χ0) is 12.6. The predicted molar refractivity (Wildman–Crippen MR) is 72.4 cm³/mol. The number of hydrogen-bond donors (Lipinski definition) is 1. The first-order valence-corrected chi connectivity index (χ1v) is 6.81. The van der Waals surface area contributed by atoms with E-state index in [1.165, 1.54) is 5.56 Å². The molecule has 0 saturated carbocycles. The van der Waals surface area contributed by atoms with Gasteiger partial charge in [-0.2, -0.15) is 0 Å². The van der Waals surface area contributed by atoms with Crippen LogP contribution >= 0.6 is 0 Å². The number of rotatable bonds is 6. The fourth-order valence-corrected chi connectivity index (χ4v) is 2.37. The van der Waals surface area contributed by atoms with Crippen LogP contribution in [0, 0.1) is 0 Å². The van der Waals surface area contributed by atoms with Crippen molar-refractivity contribution in [3.63, 3.8) is 0 Å². The molecule has 100 valence electrons. The van der Waals surface area contributed by atoms with Crippen molar-refractivity contribution in [1.29, 1.82) is 0 Å². The van der Waals surface area contributed by atoms with Gasteiger partial charge in [-0.3, -0.25) is 4.98 Å². The minimum atomic E-state index is 0.420. The molecule has 2 N–H and O–H groups in total. The van der Waals surface area contributed by atoms with E-state index in [1.54, 1.807) is 0 Å². The lowest BCUT2D eigenvalue weighted by Gasteiger charge is -2.31. The average Bonchev–Trinajstić information content (AvgIpc) is 2.45. The molecule has 1 aliphatic heterocycles. The Bertz CT molecular complexity index is 323. The van der Waals surface area contributed by atoms with E-state index in [2.05, 4.69) is 16.0 Å². The fourth-order valence-electron chi connectivity index (χ4n) is 2.37. The van der Waals surface area contributed by atoms with Gasteiger partial charge in [-0.25, -0.2) is 0 Å². The van der Waals surface area contributed by atoms with Crippen LogP contribution in [-0.4, -0.2) is 48.8 Å². The molecule has 1 saturated heterocycles. The van der Waals surface area contributed by atoms with Crippen molar-refractivity contribution >= 4 is 0 Å². The number of hydrogen-bond acceptors (Lipinski definition) is 4. The highest BCUT2D eigenvalue weighted by Gasteiger charge is 2.18. The summed E-state index contributed by atoms with van der Waals surface area (Å²) in [7, 11) is 0. The van der Waals surface area contributed by atoms with Gasteiger partial charge in [0.1, 0.15) is 0 Å². The van der Waals surface area contributed by atoms with Crippen molar-refractivity contribution in [1.82, 2.24) is 9.88 Å². The molecule has 4 heteroatoms. The minimum absolute atomic E-state index is 0.420. The van der Waals surface area contributed by atoms with Crippen molar-refractivity contribution in [2.75, 3.05) is 32.8 Å². The highest BCUT2D eigenvalue weighted by atomic mass is 16.5. The number of nitrogens with zero attached hydrogens (tertiary/aromatic N) is 2. The van der Waals surface area contributed by atoms with Gasteiger partial charge in [0.25, 0.3) is 0 Å². The summed E-state index contributed by atoms with van der Waals surface area (Å²) < 4.78 is 5.68. The third kappa shape index (κ3) is 4.37. The average molecular weight is 249 g/mol. The number of piperidine rings is 1. The van der Waals surface area contributed by atoms with E-state index in [-0.39, 0.29) is 0 Å². The minimum Gasteiger partial charge on any atom is -0.377 e. The Balaban J connectivity index is 1.65. The van der Waals surface area contributed by atoms with Crippen LogP contribution in [0.5, 0.6) is 0 Å². The largest absolute Gasteiger partial charge is 0.377 e. The molecule has 2 rings (SSSR count). The smallest absolute Gasteiger partial charge is 0.0600 e. The summed E-state index contributed by atoms with van der Waals surface area (Å²) in [5, 5.41) is 0. The number of pyridine rings is 1. The Labute approximate surface area is 109 Å². The van der Waals surface area contributed by atoms with Crippen LogP contribution in [-0.2, 0) is 11.2 Å². The Morgan fingerprint density at radius 1 is 1.39 bits per heavy atom. The summed E-state index contributed by atoms with van der Waals surface area (Å²) in [6, 6.07) is 4.15. The van der Waals surface area contributed by atoms with Crippen molar-refractivity contribution in [2.45, 2.75) is 25.4 Å². The van der Waals surface area contributed by atoms with Crippen molar-refractivity contribution in [3.05, 3.63) is 30.1 Å². The summed E-state index contributed by atoms with van der Waals surface area (Å²) in [6.45, 7) is 4.71. The van der Waals surface area contributed by atoms with Crippen LogP contribution in [0.4, 0.5) is 0 Å². The highest BCUT2D eigenvalue weighted by molar-refractivity contribution is 5.08. The number of nitrogens with two attached hydrogens (primary N) is 1. The maximum Gasteiger partial charge on any atom is 0.0600 e. The van der Waals surface area contributed by atoms with Gasteiger partial charge in [-0.05, 0) is 30.9 Å². The van der Waals surface area contributed by atoms with E-state index in [9.17, 15) is 0 Å². The highest BCUT2D eigenvalue weighted by Crippen LogP contribution is 2.13. The summed E-state index contributed by atoms with van der Waals surface area (Å²) in [5.74, 6) is 0. The van der Waals surface area contributed by atoms with Crippen LogP contribution in [0.15, 0.2) is 24.5 Å². The lowest BCUT2D eigenvalue weighted by Crippen LogP contribution is -2.38. The molecule has 0 amide bonds. The fraction of sp³-hybridized carbons (Fsp3) is 0.643. The number of ether oxygens (including phenoxy) is 1. The monoisotopic (exact) mass is 249 g/mol. The van der Waals surface area contributed by atoms with Crippen LogP contribution in [0.25, 0.3) is 0 Å². The van der Waals surface area contributed by atoms with E-state index in [4.69, 9.17) is 10.5 Å². The van der Waals surface area contributed by atoms with Gasteiger partial charge in [-0.15, -0.1) is 0 Å². The molecule has 4 nitrogen and oxygen atoms in total. The SMILES string of the molecule is NCCOC1CCN(CCc2cccnc2)CC1. The van der Waals surface area contributed by atoms with E-state index < -0.39 is 0 Å². The van der Waals surface area contributed by atoms with Gasteiger partial charge < -0.3 is 15.4 Å². The van der Waals surface area contributed by atoms with Gasteiger partial charge in [0.15, 0.2) is 0 Å². The van der Waals surface area contributed by atoms with Crippen molar-refractivity contribution in [3.8, 4) is 0 Å². The van der Waals surface area contributed by atoms with Gasteiger partial charge >= 0.3 is 0 Å². The molecule has 0 bridgehead atoms. The van der Waals surface area contributed by atoms with Crippen LogP contribution in [0.1, 0.15) is 18.4 Å². The molecule has 1 aromatic rings. The molecule has 0 spiro atoms. The third-order valence-electron chi connectivity index (χ3n) is 3.45. The Hall–Kier alpha value is -0.970. The Morgan fingerprint density at radius 2 is 2.22 bits per heavy atom. The summed E-state index contributed by atoms with van der Waals surface area (Å²) in [6.07, 6.45) is 7.55. The summed E-state index contributed by atoms with van der Waals surface area (Å²) >= 11 is 0. The van der Waals surface area contributed by atoms with Crippen LogP contribution < -0.4 is 5.73 Å². The topological polar surface area (TPSA) is 51.4 Å². The van der Waals surface area contributed by atoms with E-state index in [0.717, 1.165) is 38.9 Å². The van der Waals surface area contributed by atoms with Crippen LogP contribution in [0.2, 0.25) is 0 Å². The zero-order valence-corrected chi connectivity index (χ0v) is 10.9. The summed E-state index contributed by atoms with van der Waals surface area (Å²) in [5.41, 5.74) is 6.76. The van der Waals surface area contributed by atoms with E-state index in [1.807, 2.05) is 18.5 Å². The molecule has 18 heavy (non-hydrogen) atoms. The molecule has 2 heterocycles. The van der Waals surface area contributed by atoms with Gasteiger partial charge in [-0.1, -0.05) is 6.07 Å². The molecule has 1 fully saturated rings. The molecular weight excluding hydrogens is 226 g/mol. The first-order chi connectivity index (χ1) is 8.88. The first kappa shape index (κ1) is 13.5. The number of likely N-dealkylation sites (tertiary alicyclic amines) is 1. The lowest BCUT2D eigenvalue weighted by molar-refractivity contribution is 0.0118. The van der Waals surface area contributed by atoms with Gasteiger partial charge in [0.2, 0.25) is 0 Å². The normalized spacial score (nSPS) is 18.1. The molecule has 1 aliphatic rings. The zero-order valence-electron chi connectivity index (χ0n) is 10.9. The maximum absolute atomic E-state index is 5.68. The molecule has 0 aromatic carbocycles. The second kappa shape index (κ2) is 7.46. The Morgan fingerprint density at radius 3 is 2.89 bits per heavy atom.